The van der Waals surface area contributed by atoms with E-state index in [1.54, 1.807) is 0 Å². The number of nitrogens with one attached hydrogen (secondary N) is 1. The number of aryl methyl sites for hydroxylation is 2. The molecule has 2 amide bonds. The van der Waals surface area contributed by atoms with E-state index >= 15 is 0 Å². The number of carbonyl (C=O) groups is 3. The molecule has 0 spiro atoms. The van der Waals surface area contributed by atoms with Gasteiger partial charge in [-0.2, -0.15) is 0 Å². The van der Waals surface area contributed by atoms with Crippen LogP contribution in [0.3, 0.4) is 0 Å². The summed E-state index contributed by atoms with van der Waals surface area (Å²) in [6, 6.07) is 14.9. The van der Waals surface area contributed by atoms with Gasteiger partial charge in [0.1, 0.15) is 6.54 Å². The van der Waals surface area contributed by atoms with Gasteiger partial charge in [0.2, 0.25) is 11.8 Å². The normalized spacial score (nSPS) is 11.4. The lowest BCUT2D eigenvalue weighted by molar-refractivity contribution is -0.147. The highest BCUT2D eigenvalue weighted by Gasteiger charge is 2.24. The Morgan fingerprint density at radius 1 is 1.03 bits per heavy atom. The van der Waals surface area contributed by atoms with Crippen molar-refractivity contribution in [3.8, 4) is 0 Å². The van der Waals surface area contributed by atoms with Crippen molar-refractivity contribution in [1.82, 2.24) is 10.2 Å². The van der Waals surface area contributed by atoms with Gasteiger partial charge in [-0.25, -0.2) is 0 Å². The Labute approximate surface area is 171 Å². The number of benzene rings is 2. The SMILES string of the molecule is COC(=O)CN(Cc1ccccc1C)C(=O)CC(NC(C)=O)c1ccc(C)cc1. The number of esters is 1. The Morgan fingerprint density at radius 2 is 1.69 bits per heavy atom. The van der Waals surface area contributed by atoms with Gasteiger partial charge >= 0.3 is 5.97 Å². The minimum atomic E-state index is -0.488. The quantitative estimate of drug-likeness (QED) is 0.696. The highest BCUT2D eigenvalue weighted by molar-refractivity contribution is 5.83. The molecule has 0 fully saturated rings. The predicted octanol–water partition coefficient (Wildman–Crippen LogP) is 3.07. The Bertz CT molecular complexity index is 861. The average molecular weight is 396 g/mol. The molecule has 1 unspecified atom stereocenters. The molecule has 0 aromatic heterocycles. The fourth-order valence-electron chi connectivity index (χ4n) is 3.05. The molecule has 0 aliphatic heterocycles. The Balaban J connectivity index is 2.24. The van der Waals surface area contributed by atoms with Crippen molar-refractivity contribution >= 4 is 17.8 Å². The Hall–Kier alpha value is -3.15. The maximum Gasteiger partial charge on any atom is 0.325 e. The maximum atomic E-state index is 13.1. The molecular formula is C23H28N2O4. The lowest BCUT2D eigenvalue weighted by Gasteiger charge is -2.26. The van der Waals surface area contributed by atoms with Gasteiger partial charge in [0.05, 0.1) is 19.6 Å². The van der Waals surface area contributed by atoms with E-state index in [1.165, 1.54) is 18.9 Å². The van der Waals surface area contributed by atoms with Gasteiger partial charge in [-0.3, -0.25) is 14.4 Å². The first-order chi connectivity index (χ1) is 13.8. The third-order valence-electron chi connectivity index (χ3n) is 4.76. The van der Waals surface area contributed by atoms with Gasteiger partial charge in [-0.05, 0) is 30.5 Å². The summed E-state index contributed by atoms with van der Waals surface area (Å²) < 4.78 is 4.76. The van der Waals surface area contributed by atoms with Gasteiger partial charge in [0.15, 0.2) is 0 Å². The van der Waals surface area contributed by atoms with Crippen LogP contribution >= 0.6 is 0 Å². The van der Waals surface area contributed by atoms with E-state index in [0.717, 1.165) is 22.3 Å². The summed E-state index contributed by atoms with van der Waals surface area (Å²) in [4.78, 5) is 38.2. The molecule has 2 aromatic rings. The lowest BCUT2D eigenvalue weighted by atomic mass is 10.0. The first-order valence-electron chi connectivity index (χ1n) is 9.53. The van der Waals surface area contributed by atoms with Crippen LogP contribution in [-0.4, -0.2) is 36.3 Å². The summed E-state index contributed by atoms with van der Waals surface area (Å²) in [6.07, 6.45) is 0.0471. The summed E-state index contributed by atoms with van der Waals surface area (Å²) in [6.45, 7) is 5.50. The number of hydrogen-bond donors (Lipinski definition) is 1. The number of carbonyl (C=O) groups excluding carboxylic acids is 3. The summed E-state index contributed by atoms with van der Waals surface area (Å²) in [5.74, 6) is -0.946. The summed E-state index contributed by atoms with van der Waals surface area (Å²) in [5.41, 5.74) is 3.92. The van der Waals surface area contributed by atoms with Crippen molar-refractivity contribution in [2.75, 3.05) is 13.7 Å². The zero-order valence-electron chi connectivity index (χ0n) is 17.4. The molecule has 1 atom stereocenters. The van der Waals surface area contributed by atoms with Crippen LogP contribution in [0.2, 0.25) is 0 Å². The van der Waals surface area contributed by atoms with E-state index in [4.69, 9.17) is 4.74 Å². The molecule has 2 aromatic carbocycles. The second-order valence-corrected chi connectivity index (χ2v) is 7.12. The molecule has 154 valence electrons. The zero-order chi connectivity index (χ0) is 21.4. The van der Waals surface area contributed by atoms with Gasteiger partial charge < -0.3 is 15.0 Å². The standard InChI is InChI=1S/C23H28N2O4/c1-16-9-11-19(12-10-16)21(24-18(3)26)13-22(27)25(15-23(28)29-4)14-20-8-6-5-7-17(20)2/h5-12,21H,13-15H2,1-4H3,(H,24,26). The van der Waals surface area contributed by atoms with Crippen LogP contribution in [0.5, 0.6) is 0 Å². The molecule has 29 heavy (non-hydrogen) atoms. The van der Waals surface area contributed by atoms with Gasteiger partial charge in [0.25, 0.3) is 0 Å². The molecule has 0 saturated heterocycles. The van der Waals surface area contributed by atoms with E-state index in [2.05, 4.69) is 5.32 Å². The lowest BCUT2D eigenvalue weighted by Crippen LogP contribution is -2.39. The largest absolute Gasteiger partial charge is 0.468 e. The number of methoxy groups -OCH3 is 1. The van der Waals surface area contributed by atoms with E-state index in [9.17, 15) is 14.4 Å². The van der Waals surface area contributed by atoms with Crippen molar-refractivity contribution < 1.29 is 19.1 Å². The topological polar surface area (TPSA) is 75.7 Å². The van der Waals surface area contributed by atoms with Crippen LogP contribution in [0, 0.1) is 13.8 Å². The highest BCUT2D eigenvalue weighted by Crippen LogP contribution is 2.20. The molecule has 1 N–H and O–H groups in total. The van der Waals surface area contributed by atoms with Gasteiger partial charge in [0, 0.05) is 13.5 Å². The van der Waals surface area contributed by atoms with Crippen molar-refractivity contribution in [3.63, 3.8) is 0 Å². The van der Waals surface area contributed by atoms with Crippen molar-refractivity contribution in [3.05, 3.63) is 70.8 Å². The van der Waals surface area contributed by atoms with Crippen molar-refractivity contribution in [1.29, 1.82) is 0 Å². The average Bonchev–Trinajstić information content (AvgIpc) is 2.68. The Morgan fingerprint density at radius 3 is 2.28 bits per heavy atom. The van der Waals surface area contributed by atoms with Crippen LogP contribution in [0.4, 0.5) is 0 Å². The fourth-order valence-corrected chi connectivity index (χ4v) is 3.05. The third kappa shape index (κ3) is 6.75. The minimum absolute atomic E-state index is 0.0471. The molecule has 0 aliphatic rings. The van der Waals surface area contributed by atoms with Crippen LogP contribution < -0.4 is 5.32 Å². The number of ether oxygens (including phenoxy) is 1. The maximum absolute atomic E-state index is 13.1. The third-order valence-corrected chi connectivity index (χ3v) is 4.76. The molecule has 0 radical (unpaired) electrons. The van der Waals surface area contributed by atoms with Crippen molar-refractivity contribution in [2.45, 2.75) is 39.8 Å². The first kappa shape index (κ1) is 22.1. The van der Waals surface area contributed by atoms with E-state index < -0.39 is 12.0 Å². The number of rotatable bonds is 8. The Kier molecular flexibility index (Phi) is 7.95. The first-order valence-corrected chi connectivity index (χ1v) is 9.53. The number of amides is 2. The second-order valence-electron chi connectivity index (χ2n) is 7.12. The highest BCUT2D eigenvalue weighted by atomic mass is 16.5. The van der Waals surface area contributed by atoms with Crippen molar-refractivity contribution in [2.24, 2.45) is 0 Å². The molecular weight excluding hydrogens is 368 g/mol. The predicted molar refractivity (Wildman–Crippen MR) is 111 cm³/mol. The summed E-state index contributed by atoms with van der Waals surface area (Å²) in [5, 5.41) is 2.84. The van der Waals surface area contributed by atoms with Crippen LogP contribution in [0.15, 0.2) is 48.5 Å². The molecule has 0 bridgehead atoms. The monoisotopic (exact) mass is 396 g/mol. The molecule has 6 heteroatoms. The van der Waals surface area contributed by atoms with Gasteiger partial charge in [-0.1, -0.05) is 54.1 Å². The molecule has 0 aliphatic carbocycles. The second kappa shape index (κ2) is 10.4. The van der Waals surface area contributed by atoms with E-state index in [-0.39, 0.29) is 24.8 Å². The van der Waals surface area contributed by atoms with Crippen LogP contribution in [0.1, 0.15) is 41.6 Å². The summed E-state index contributed by atoms with van der Waals surface area (Å²) in [7, 11) is 1.30. The molecule has 2 rings (SSSR count). The number of nitrogens with zero attached hydrogens (tertiary/aromatic N) is 1. The smallest absolute Gasteiger partial charge is 0.325 e. The fraction of sp³-hybridized carbons (Fsp3) is 0.348. The summed E-state index contributed by atoms with van der Waals surface area (Å²) >= 11 is 0. The van der Waals surface area contributed by atoms with E-state index in [1.807, 2.05) is 62.4 Å². The molecule has 6 nitrogen and oxygen atoms in total. The minimum Gasteiger partial charge on any atom is -0.468 e. The molecule has 0 heterocycles. The van der Waals surface area contributed by atoms with E-state index in [0.29, 0.717) is 6.54 Å². The van der Waals surface area contributed by atoms with Crippen LogP contribution in [0.25, 0.3) is 0 Å². The molecule has 0 saturated carbocycles. The number of hydrogen-bond acceptors (Lipinski definition) is 4. The van der Waals surface area contributed by atoms with Crippen LogP contribution in [-0.2, 0) is 25.7 Å². The van der Waals surface area contributed by atoms with Gasteiger partial charge in [-0.15, -0.1) is 0 Å². The zero-order valence-corrected chi connectivity index (χ0v) is 17.4.